The van der Waals surface area contributed by atoms with Gasteiger partial charge in [-0.05, 0) is 38.0 Å². The number of amides is 2. The predicted octanol–water partition coefficient (Wildman–Crippen LogP) is 1.75. The molecule has 5 nitrogen and oxygen atoms in total. The molecule has 0 spiro atoms. The lowest BCUT2D eigenvalue weighted by Crippen LogP contribution is -2.39. The van der Waals surface area contributed by atoms with E-state index in [0.717, 1.165) is 0 Å². The molecule has 1 aromatic rings. The Labute approximate surface area is 119 Å². The van der Waals surface area contributed by atoms with E-state index in [1.807, 2.05) is 27.7 Å². The first-order valence-electron chi connectivity index (χ1n) is 6.78. The van der Waals surface area contributed by atoms with E-state index in [9.17, 15) is 9.59 Å². The minimum Gasteiger partial charge on any atom is -0.350 e. The second-order valence-electron chi connectivity index (χ2n) is 5.47. The Kier molecular flexibility index (Phi) is 5.70. The number of rotatable bonds is 5. The molecule has 0 aliphatic rings. The minimum absolute atomic E-state index is 0.0578. The van der Waals surface area contributed by atoms with Gasteiger partial charge in [0.25, 0.3) is 5.91 Å². The van der Waals surface area contributed by atoms with Gasteiger partial charge in [-0.15, -0.1) is 0 Å². The van der Waals surface area contributed by atoms with E-state index in [2.05, 4.69) is 10.6 Å². The molecule has 0 aliphatic heterocycles. The van der Waals surface area contributed by atoms with Crippen molar-refractivity contribution in [2.75, 3.05) is 5.32 Å². The van der Waals surface area contributed by atoms with Gasteiger partial charge in [-0.2, -0.15) is 0 Å². The molecule has 0 aromatic heterocycles. The van der Waals surface area contributed by atoms with Crippen LogP contribution >= 0.6 is 0 Å². The van der Waals surface area contributed by atoms with Gasteiger partial charge in [-0.1, -0.05) is 19.9 Å². The van der Waals surface area contributed by atoms with Crippen LogP contribution < -0.4 is 16.4 Å². The molecule has 0 saturated heterocycles. The number of carbonyl (C=O) groups excluding carboxylic acids is 2. The Bertz CT molecular complexity index is 484. The number of hydrogen-bond acceptors (Lipinski definition) is 3. The smallest absolute Gasteiger partial charge is 0.251 e. The first kappa shape index (κ1) is 16.2. The maximum Gasteiger partial charge on any atom is 0.251 e. The molecule has 1 unspecified atom stereocenters. The number of benzene rings is 1. The van der Waals surface area contributed by atoms with Crippen molar-refractivity contribution >= 4 is 17.5 Å². The summed E-state index contributed by atoms with van der Waals surface area (Å²) in [4.78, 5) is 23.8. The van der Waals surface area contributed by atoms with Crippen molar-refractivity contribution in [1.82, 2.24) is 5.32 Å². The first-order chi connectivity index (χ1) is 9.31. The third-order valence-electron chi connectivity index (χ3n) is 2.83. The molecule has 2 amide bonds. The van der Waals surface area contributed by atoms with Crippen LogP contribution in [0.4, 0.5) is 5.69 Å². The van der Waals surface area contributed by atoms with Crippen LogP contribution in [0.5, 0.6) is 0 Å². The largest absolute Gasteiger partial charge is 0.350 e. The zero-order valence-electron chi connectivity index (χ0n) is 12.4. The van der Waals surface area contributed by atoms with Crippen LogP contribution in [0, 0.1) is 5.92 Å². The Hall–Kier alpha value is -1.88. The van der Waals surface area contributed by atoms with Crippen LogP contribution in [0.15, 0.2) is 24.3 Å². The number of anilines is 1. The van der Waals surface area contributed by atoms with Gasteiger partial charge >= 0.3 is 0 Å². The fraction of sp³-hybridized carbons (Fsp3) is 0.467. The van der Waals surface area contributed by atoms with Gasteiger partial charge in [-0.3, -0.25) is 9.59 Å². The molecular formula is C15H23N3O2. The molecular weight excluding hydrogens is 254 g/mol. The molecule has 0 aliphatic carbocycles. The van der Waals surface area contributed by atoms with E-state index >= 15 is 0 Å². The van der Waals surface area contributed by atoms with Crippen molar-refractivity contribution in [3.8, 4) is 0 Å². The lowest BCUT2D eigenvalue weighted by Gasteiger charge is -2.16. The molecule has 0 bridgehead atoms. The SMILES string of the molecule is CC(C)NC(=O)c1cccc(NC(=O)C(N)C(C)C)c1. The monoisotopic (exact) mass is 277 g/mol. The van der Waals surface area contributed by atoms with Gasteiger partial charge in [0.2, 0.25) is 5.91 Å². The van der Waals surface area contributed by atoms with Gasteiger partial charge in [0, 0.05) is 17.3 Å². The quantitative estimate of drug-likeness (QED) is 0.766. The van der Waals surface area contributed by atoms with Crippen molar-refractivity contribution in [2.45, 2.75) is 39.8 Å². The van der Waals surface area contributed by atoms with Crippen molar-refractivity contribution < 1.29 is 9.59 Å². The predicted molar refractivity (Wildman–Crippen MR) is 80.5 cm³/mol. The van der Waals surface area contributed by atoms with Crippen LogP contribution in [-0.4, -0.2) is 23.9 Å². The van der Waals surface area contributed by atoms with E-state index in [4.69, 9.17) is 5.73 Å². The van der Waals surface area contributed by atoms with Gasteiger partial charge in [0.05, 0.1) is 6.04 Å². The number of nitrogens with one attached hydrogen (secondary N) is 2. The van der Waals surface area contributed by atoms with Gasteiger partial charge < -0.3 is 16.4 Å². The number of carbonyl (C=O) groups is 2. The summed E-state index contributed by atoms with van der Waals surface area (Å²) in [7, 11) is 0. The summed E-state index contributed by atoms with van der Waals surface area (Å²) < 4.78 is 0. The maximum absolute atomic E-state index is 11.9. The molecule has 0 saturated carbocycles. The molecule has 1 atom stereocenters. The van der Waals surface area contributed by atoms with Gasteiger partial charge in [-0.25, -0.2) is 0 Å². The normalized spacial score (nSPS) is 12.3. The van der Waals surface area contributed by atoms with E-state index in [1.165, 1.54) is 0 Å². The molecule has 20 heavy (non-hydrogen) atoms. The highest BCUT2D eigenvalue weighted by molar-refractivity contribution is 5.98. The van der Waals surface area contributed by atoms with Gasteiger partial charge in [0.15, 0.2) is 0 Å². The van der Waals surface area contributed by atoms with Gasteiger partial charge in [0.1, 0.15) is 0 Å². The van der Waals surface area contributed by atoms with E-state index < -0.39 is 6.04 Å². The molecule has 110 valence electrons. The molecule has 5 heteroatoms. The van der Waals surface area contributed by atoms with E-state index in [1.54, 1.807) is 24.3 Å². The summed E-state index contributed by atoms with van der Waals surface area (Å²) in [6, 6.07) is 6.31. The zero-order chi connectivity index (χ0) is 15.3. The molecule has 0 fully saturated rings. The summed E-state index contributed by atoms with van der Waals surface area (Å²) >= 11 is 0. The van der Waals surface area contributed by atoms with Crippen LogP contribution in [0.3, 0.4) is 0 Å². The van der Waals surface area contributed by atoms with Crippen molar-refractivity contribution in [3.63, 3.8) is 0 Å². The topological polar surface area (TPSA) is 84.2 Å². The lowest BCUT2D eigenvalue weighted by atomic mass is 10.0. The molecule has 1 rings (SSSR count). The summed E-state index contributed by atoms with van der Waals surface area (Å²) in [5, 5.41) is 5.53. The highest BCUT2D eigenvalue weighted by Gasteiger charge is 2.17. The van der Waals surface area contributed by atoms with Crippen LogP contribution in [0.2, 0.25) is 0 Å². The Balaban J connectivity index is 2.78. The average molecular weight is 277 g/mol. The minimum atomic E-state index is -0.567. The highest BCUT2D eigenvalue weighted by Crippen LogP contribution is 2.12. The summed E-state index contributed by atoms with van der Waals surface area (Å²) in [6.45, 7) is 7.56. The third-order valence-corrected chi connectivity index (χ3v) is 2.83. The molecule has 0 heterocycles. The van der Waals surface area contributed by atoms with Crippen LogP contribution in [0.1, 0.15) is 38.1 Å². The standard InChI is InChI=1S/C15H23N3O2/c1-9(2)13(16)15(20)18-12-7-5-6-11(8-12)14(19)17-10(3)4/h5-10,13H,16H2,1-4H3,(H,17,19)(H,18,20). The molecule has 4 N–H and O–H groups in total. The fourth-order valence-electron chi connectivity index (χ4n) is 1.61. The summed E-state index contributed by atoms with van der Waals surface area (Å²) in [5.41, 5.74) is 6.86. The maximum atomic E-state index is 11.9. The van der Waals surface area contributed by atoms with Crippen molar-refractivity contribution in [2.24, 2.45) is 11.7 Å². The Morgan fingerprint density at radius 3 is 2.35 bits per heavy atom. The van der Waals surface area contributed by atoms with Crippen molar-refractivity contribution in [3.05, 3.63) is 29.8 Å². The van der Waals surface area contributed by atoms with E-state index in [0.29, 0.717) is 11.3 Å². The summed E-state index contributed by atoms with van der Waals surface area (Å²) in [5.74, 6) is -0.354. The fourth-order valence-corrected chi connectivity index (χ4v) is 1.61. The number of hydrogen-bond donors (Lipinski definition) is 3. The Morgan fingerprint density at radius 1 is 1.15 bits per heavy atom. The number of nitrogens with two attached hydrogens (primary N) is 1. The second kappa shape index (κ2) is 7.05. The molecule has 1 aromatic carbocycles. The van der Waals surface area contributed by atoms with Crippen LogP contribution in [0.25, 0.3) is 0 Å². The Morgan fingerprint density at radius 2 is 1.80 bits per heavy atom. The van der Waals surface area contributed by atoms with Crippen molar-refractivity contribution in [1.29, 1.82) is 0 Å². The molecule has 0 radical (unpaired) electrons. The first-order valence-corrected chi connectivity index (χ1v) is 6.78. The second-order valence-corrected chi connectivity index (χ2v) is 5.47. The van der Waals surface area contributed by atoms with E-state index in [-0.39, 0.29) is 23.8 Å². The average Bonchev–Trinajstić information content (AvgIpc) is 2.37. The third kappa shape index (κ3) is 4.66. The lowest BCUT2D eigenvalue weighted by molar-refractivity contribution is -0.118. The highest BCUT2D eigenvalue weighted by atomic mass is 16.2. The van der Waals surface area contributed by atoms with Crippen LogP contribution in [-0.2, 0) is 4.79 Å². The summed E-state index contributed by atoms with van der Waals surface area (Å²) in [6.07, 6.45) is 0. The zero-order valence-corrected chi connectivity index (χ0v) is 12.4.